The van der Waals surface area contributed by atoms with Crippen molar-refractivity contribution in [3.63, 3.8) is 0 Å². The van der Waals surface area contributed by atoms with Crippen molar-refractivity contribution in [1.82, 2.24) is 10.3 Å². The van der Waals surface area contributed by atoms with Crippen molar-refractivity contribution in [2.75, 3.05) is 18.0 Å². The summed E-state index contributed by atoms with van der Waals surface area (Å²) in [6.07, 6.45) is 0. The molecule has 3 rings (SSSR count). The number of anilines is 1. The molecule has 1 saturated heterocycles. The van der Waals surface area contributed by atoms with E-state index < -0.39 is 4.92 Å². The number of nitro benzene ring substituents is 1. The molecule has 0 aliphatic carbocycles. The number of benzene rings is 1. The number of nitrogens with zero attached hydrogens (tertiary/aromatic N) is 3. The molecule has 7 nitrogen and oxygen atoms in total. The Morgan fingerprint density at radius 3 is 2.75 bits per heavy atom. The Balaban J connectivity index is 2.00. The lowest BCUT2D eigenvalue weighted by Gasteiger charge is -2.35. The first-order chi connectivity index (χ1) is 9.54. The Morgan fingerprint density at radius 1 is 1.40 bits per heavy atom. The molecule has 1 N–H and O–H groups in total. The minimum absolute atomic E-state index is 0.0197. The molecule has 2 heterocycles. The maximum Gasteiger partial charge on any atom is 0.298 e. The molecular formula is C13H16N4O3. The van der Waals surface area contributed by atoms with E-state index in [1.807, 2.05) is 4.90 Å². The van der Waals surface area contributed by atoms with E-state index in [1.165, 1.54) is 6.07 Å². The fourth-order valence-corrected chi connectivity index (χ4v) is 2.69. The summed E-state index contributed by atoms with van der Waals surface area (Å²) in [7, 11) is 0. The van der Waals surface area contributed by atoms with Crippen LogP contribution in [0, 0.1) is 10.1 Å². The lowest BCUT2D eigenvalue weighted by molar-refractivity contribution is -0.383. The van der Waals surface area contributed by atoms with Crippen molar-refractivity contribution in [2.45, 2.75) is 25.9 Å². The highest BCUT2D eigenvalue weighted by Crippen LogP contribution is 2.29. The standard InChI is InChI=1S/C13H16N4O3/c1-8-6-16(7-9(2)14-8)13-15-12-10(17(18)19)4-3-5-11(12)20-13/h3-5,8-9,14H,6-7H2,1-2H3. The van der Waals surface area contributed by atoms with Gasteiger partial charge in [0.25, 0.3) is 11.7 Å². The highest BCUT2D eigenvalue weighted by atomic mass is 16.6. The Labute approximate surface area is 115 Å². The summed E-state index contributed by atoms with van der Waals surface area (Å²) in [6.45, 7) is 5.72. The van der Waals surface area contributed by atoms with E-state index in [0.717, 1.165) is 13.1 Å². The Bertz CT molecular complexity index is 644. The van der Waals surface area contributed by atoms with Gasteiger partial charge in [0.05, 0.1) is 4.92 Å². The SMILES string of the molecule is CC1CN(c2nc3c([N+](=O)[O-])cccc3o2)CC(C)N1. The van der Waals surface area contributed by atoms with Gasteiger partial charge in [-0.3, -0.25) is 10.1 Å². The van der Waals surface area contributed by atoms with Gasteiger partial charge in [0, 0.05) is 31.2 Å². The van der Waals surface area contributed by atoms with Crippen LogP contribution in [0.25, 0.3) is 11.1 Å². The zero-order valence-corrected chi connectivity index (χ0v) is 11.4. The van der Waals surface area contributed by atoms with Gasteiger partial charge in [-0.05, 0) is 19.9 Å². The van der Waals surface area contributed by atoms with Crippen molar-refractivity contribution >= 4 is 22.8 Å². The highest BCUT2D eigenvalue weighted by Gasteiger charge is 2.26. The van der Waals surface area contributed by atoms with Crippen molar-refractivity contribution in [3.8, 4) is 0 Å². The number of non-ortho nitro benzene ring substituents is 1. The second-order valence-electron chi connectivity index (χ2n) is 5.25. The van der Waals surface area contributed by atoms with E-state index >= 15 is 0 Å². The topological polar surface area (TPSA) is 84.4 Å². The molecule has 0 bridgehead atoms. The molecule has 2 atom stereocenters. The quantitative estimate of drug-likeness (QED) is 0.666. The lowest BCUT2D eigenvalue weighted by atomic mass is 10.2. The van der Waals surface area contributed by atoms with E-state index in [4.69, 9.17) is 4.42 Å². The van der Waals surface area contributed by atoms with E-state index in [-0.39, 0.29) is 5.69 Å². The summed E-state index contributed by atoms with van der Waals surface area (Å²) in [5, 5.41) is 14.4. The number of hydrogen-bond donors (Lipinski definition) is 1. The van der Waals surface area contributed by atoms with Gasteiger partial charge in [-0.25, -0.2) is 0 Å². The molecule has 0 spiro atoms. The molecule has 1 aromatic heterocycles. The molecule has 1 fully saturated rings. The third-order valence-corrected chi connectivity index (χ3v) is 3.41. The maximum atomic E-state index is 11.0. The van der Waals surface area contributed by atoms with Crippen LogP contribution in [-0.4, -0.2) is 35.1 Å². The lowest BCUT2D eigenvalue weighted by Crippen LogP contribution is -2.54. The van der Waals surface area contributed by atoms with Gasteiger partial charge in [0.1, 0.15) is 0 Å². The number of hydrogen-bond acceptors (Lipinski definition) is 6. The number of para-hydroxylation sites is 1. The van der Waals surface area contributed by atoms with Crippen LogP contribution in [-0.2, 0) is 0 Å². The zero-order valence-electron chi connectivity index (χ0n) is 11.4. The summed E-state index contributed by atoms with van der Waals surface area (Å²) >= 11 is 0. The van der Waals surface area contributed by atoms with Gasteiger partial charge < -0.3 is 14.6 Å². The largest absolute Gasteiger partial charge is 0.423 e. The molecule has 2 unspecified atom stereocenters. The van der Waals surface area contributed by atoms with Crippen LogP contribution >= 0.6 is 0 Å². The monoisotopic (exact) mass is 276 g/mol. The van der Waals surface area contributed by atoms with Crippen LogP contribution in [0.5, 0.6) is 0 Å². The third kappa shape index (κ3) is 2.20. The van der Waals surface area contributed by atoms with E-state index in [1.54, 1.807) is 12.1 Å². The number of piperazine rings is 1. The molecule has 0 amide bonds. The molecule has 106 valence electrons. The molecule has 0 saturated carbocycles. The normalized spacial score (nSPS) is 23.2. The first-order valence-electron chi connectivity index (χ1n) is 6.59. The number of nitro groups is 1. The Hall–Kier alpha value is -2.15. The summed E-state index contributed by atoms with van der Waals surface area (Å²) < 4.78 is 5.68. The molecule has 2 aromatic rings. The van der Waals surface area contributed by atoms with E-state index in [9.17, 15) is 10.1 Å². The number of oxazole rings is 1. The van der Waals surface area contributed by atoms with Gasteiger partial charge in [-0.15, -0.1) is 0 Å². The summed E-state index contributed by atoms with van der Waals surface area (Å²) in [5.41, 5.74) is 0.744. The second kappa shape index (κ2) is 4.75. The number of aromatic nitrogens is 1. The van der Waals surface area contributed by atoms with E-state index in [2.05, 4.69) is 24.1 Å². The second-order valence-corrected chi connectivity index (χ2v) is 5.25. The fourth-order valence-electron chi connectivity index (χ4n) is 2.69. The van der Waals surface area contributed by atoms with Crippen LogP contribution in [0.15, 0.2) is 22.6 Å². The van der Waals surface area contributed by atoms with E-state index in [0.29, 0.717) is 29.2 Å². The van der Waals surface area contributed by atoms with Crippen molar-refractivity contribution in [3.05, 3.63) is 28.3 Å². The van der Waals surface area contributed by atoms with Crippen molar-refractivity contribution in [2.24, 2.45) is 0 Å². The van der Waals surface area contributed by atoms with Crippen LogP contribution in [0.1, 0.15) is 13.8 Å². The average Bonchev–Trinajstić information content (AvgIpc) is 2.80. The summed E-state index contributed by atoms with van der Waals surface area (Å²) in [6, 6.07) is 5.85. The molecule has 1 aromatic carbocycles. The predicted octanol–water partition coefficient (Wildman–Crippen LogP) is 1.92. The fraction of sp³-hybridized carbons (Fsp3) is 0.462. The summed E-state index contributed by atoms with van der Waals surface area (Å²) in [4.78, 5) is 16.9. The minimum atomic E-state index is -0.433. The smallest absolute Gasteiger partial charge is 0.298 e. The zero-order chi connectivity index (χ0) is 14.3. The van der Waals surface area contributed by atoms with Gasteiger partial charge in [-0.2, -0.15) is 4.98 Å². The third-order valence-electron chi connectivity index (χ3n) is 3.41. The molecule has 7 heteroatoms. The first kappa shape index (κ1) is 12.9. The van der Waals surface area contributed by atoms with Crippen LogP contribution in [0.3, 0.4) is 0 Å². The number of nitrogens with one attached hydrogen (secondary N) is 1. The molecular weight excluding hydrogens is 260 g/mol. The van der Waals surface area contributed by atoms with Gasteiger partial charge >= 0.3 is 0 Å². The van der Waals surface area contributed by atoms with Crippen molar-refractivity contribution < 1.29 is 9.34 Å². The number of fused-ring (bicyclic) bond motifs is 1. The van der Waals surface area contributed by atoms with Crippen LogP contribution < -0.4 is 10.2 Å². The van der Waals surface area contributed by atoms with Crippen LogP contribution in [0.4, 0.5) is 11.7 Å². The Kier molecular flexibility index (Phi) is 3.06. The van der Waals surface area contributed by atoms with Gasteiger partial charge in [0.2, 0.25) is 0 Å². The van der Waals surface area contributed by atoms with Crippen LogP contribution in [0.2, 0.25) is 0 Å². The minimum Gasteiger partial charge on any atom is -0.423 e. The predicted molar refractivity (Wildman–Crippen MR) is 74.9 cm³/mol. The molecule has 1 aliphatic rings. The first-order valence-corrected chi connectivity index (χ1v) is 6.59. The molecule has 0 radical (unpaired) electrons. The summed E-state index contributed by atoms with van der Waals surface area (Å²) in [5.74, 6) is 0. The highest BCUT2D eigenvalue weighted by molar-refractivity contribution is 5.84. The van der Waals surface area contributed by atoms with Gasteiger partial charge in [0.15, 0.2) is 11.1 Å². The molecule has 20 heavy (non-hydrogen) atoms. The average molecular weight is 276 g/mol. The molecule has 1 aliphatic heterocycles. The van der Waals surface area contributed by atoms with Gasteiger partial charge in [-0.1, -0.05) is 6.07 Å². The number of rotatable bonds is 2. The Morgan fingerprint density at radius 2 is 2.10 bits per heavy atom. The maximum absolute atomic E-state index is 11.0. The van der Waals surface area contributed by atoms with Crippen molar-refractivity contribution in [1.29, 1.82) is 0 Å².